The molecule has 12 heteroatoms. The molecule has 2 rings (SSSR count). The Morgan fingerprint density at radius 3 is 2.32 bits per heavy atom. The molecule has 1 atom stereocenters. The Labute approximate surface area is 228 Å². The number of benzene rings is 2. The molecule has 0 radical (unpaired) electrons. The van der Waals surface area contributed by atoms with Crippen LogP contribution in [0.3, 0.4) is 0 Å². The van der Waals surface area contributed by atoms with Crippen molar-refractivity contribution in [3.05, 3.63) is 52.0 Å². The SMILES string of the molecule is CCCCNC(=O)[C@H](C)N(Cc1ccc(Cl)c(Cl)c1)C(=O)CN(c1cc(OC)ccc1OC)S(C)(=O)=O. The van der Waals surface area contributed by atoms with E-state index in [1.165, 1.54) is 25.2 Å². The number of sulfonamides is 1. The first kappa shape index (κ1) is 30.5. The lowest BCUT2D eigenvalue weighted by molar-refractivity contribution is -0.139. The van der Waals surface area contributed by atoms with E-state index in [2.05, 4.69) is 5.32 Å². The lowest BCUT2D eigenvalue weighted by Crippen LogP contribution is -2.51. The number of anilines is 1. The van der Waals surface area contributed by atoms with E-state index in [1.807, 2.05) is 6.92 Å². The third kappa shape index (κ3) is 8.41. The number of nitrogens with one attached hydrogen (secondary N) is 1. The maximum atomic E-state index is 13.7. The predicted molar refractivity (Wildman–Crippen MR) is 146 cm³/mol. The monoisotopic (exact) mass is 573 g/mol. The fourth-order valence-electron chi connectivity index (χ4n) is 3.54. The van der Waals surface area contributed by atoms with Gasteiger partial charge in [0.2, 0.25) is 21.8 Å². The minimum atomic E-state index is -3.94. The molecule has 2 amide bonds. The number of carbonyl (C=O) groups excluding carboxylic acids is 2. The van der Waals surface area contributed by atoms with Gasteiger partial charge in [-0.2, -0.15) is 0 Å². The molecule has 0 fully saturated rings. The van der Waals surface area contributed by atoms with Crippen molar-refractivity contribution in [3.63, 3.8) is 0 Å². The molecule has 204 valence electrons. The highest BCUT2D eigenvalue weighted by molar-refractivity contribution is 7.92. The largest absolute Gasteiger partial charge is 0.497 e. The van der Waals surface area contributed by atoms with E-state index in [-0.39, 0.29) is 23.9 Å². The van der Waals surface area contributed by atoms with Crippen LogP contribution < -0.4 is 19.1 Å². The van der Waals surface area contributed by atoms with Crippen LogP contribution >= 0.6 is 23.2 Å². The molecule has 0 spiro atoms. The Balaban J connectivity index is 2.47. The number of methoxy groups -OCH3 is 2. The van der Waals surface area contributed by atoms with Gasteiger partial charge in [-0.15, -0.1) is 0 Å². The Kier molecular flexibility index (Phi) is 11.3. The van der Waals surface area contributed by atoms with Crippen LogP contribution in [0.25, 0.3) is 0 Å². The Morgan fingerprint density at radius 2 is 1.76 bits per heavy atom. The summed E-state index contributed by atoms with van der Waals surface area (Å²) < 4.78 is 37.2. The summed E-state index contributed by atoms with van der Waals surface area (Å²) in [5.74, 6) is -0.333. The highest BCUT2D eigenvalue weighted by Crippen LogP contribution is 2.34. The molecular formula is C25H33Cl2N3O6S. The van der Waals surface area contributed by atoms with Crippen LogP contribution in [0.4, 0.5) is 5.69 Å². The van der Waals surface area contributed by atoms with Crippen molar-refractivity contribution in [2.24, 2.45) is 0 Å². The van der Waals surface area contributed by atoms with Crippen molar-refractivity contribution in [1.82, 2.24) is 10.2 Å². The van der Waals surface area contributed by atoms with Gasteiger partial charge in [0.05, 0.1) is 36.2 Å². The molecule has 37 heavy (non-hydrogen) atoms. The van der Waals surface area contributed by atoms with Crippen LogP contribution in [-0.4, -0.2) is 64.7 Å². The third-order valence-electron chi connectivity index (χ3n) is 5.67. The quantitative estimate of drug-likeness (QED) is 0.361. The number of hydrogen-bond acceptors (Lipinski definition) is 6. The summed E-state index contributed by atoms with van der Waals surface area (Å²) in [5, 5.41) is 3.47. The summed E-state index contributed by atoms with van der Waals surface area (Å²) in [6.45, 7) is 3.49. The Morgan fingerprint density at radius 1 is 1.05 bits per heavy atom. The van der Waals surface area contributed by atoms with E-state index in [9.17, 15) is 18.0 Å². The number of amides is 2. The lowest BCUT2D eigenvalue weighted by atomic mass is 10.1. The zero-order valence-electron chi connectivity index (χ0n) is 21.6. The second-order valence-corrected chi connectivity index (χ2v) is 11.1. The number of ether oxygens (including phenoxy) is 2. The first-order chi connectivity index (χ1) is 17.4. The summed E-state index contributed by atoms with van der Waals surface area (Å²) in [7, 11) is -1.10. The van der Waals surface area contributed by atoms with Crippen LogP contribution in [0.15, 0.2) is 36.4 Å². The average Bonchev–Trinajstić information content (AvgIpc) is 2.86. The van der Waals surface area contributed by atoms with E-state index >= 15 is 0 Å². The van der Waals surface area contributed by atoms with Gasteiger partial charge < -0.3 is 19.7 Å². The van der Waals surface area contributed by atoms with Crippen molar-refractivity contribution < 1.29 is 27.5 Å². The molecule has 0 bridgehead atoms. The average molecular weight is 575 g/mol. The molecular weight excluding hydrogens is 541 g/mol. The zero-order valence-corrected chi connectivity index (χ0v) is 23.9. The molecule has 0 aliphatic rings. The van der Waals surface area contributed by atoms with Crippen LogP contribution in [0.1, 0.15) is 32.3 Å². The number of hydrogen-bond donors (Lipinski definition) is 1. The molecule has 1 N–H and O–H groups in total. The van der Waals surface area contributed by atoms with Gasteiger partial charge in [0, 0.05) is 19.2 Å². The summed E-state index contributed by atoms with van der Waals surface area (Å²) in [4.78, 5) is 27.9. The van der Waals surface area contributed by atoms with Crippen LogP contribution in [0, 0.1) is 0 Å². The fraction of sp³-hybridized carbons (Fsp3) is 0.440. The maximum absolute atomic E-state index is 13.7. The van der Waals surface area contributed by atoms with E-state index in [1.54, 1.807) is 37.3 Å². The molecule has 0 aromatic heterocycles. The van der Waals surface area contributed by atoms with Crippen LogP contribution in [0.5, 0.6) is 11.5 Å². The van der Waals surface area contributed by atoms with Crippen molar-refractivity contribution in [2.75, 3.05) is 37.9 Å². The van der Waals surface area contributed by atoms with Crippen molar-refractivity contribution >= 4 is 50.7 Å². The standard InChI is InChI=1S/C25H33Cl2N3O6S/c1-6-7-12-28-25(32)17(2)29(15-18-8-10-20(26)21(27)13-18)24(31)16-30(37(5,33)34)22-14-19(35-3)9-11-23(22)36-4/h8-11,13-14,17H,6-7,12,15-16H2,1-5H3,(H,28,32)/t17-/m0/s1. The zero-order chi connectivity index (χ0) is 27.8. The first-order valence-corrected chi connectivity index (χ1v) is 14.2. The highest BCUT2D eigenvalue weighted by atomic mass is 35.5. The molecule has 9 nitrogen and oxygen atoms in total. The second-order valence-electron chi connectivity index (χ2n) is 8.40. The smallest absolute Gasteiger partial charge is 0.244 e. The molecule has 0 aliphatic carbocycles. The summed E-state index contributed by atoms with van der Waals surface area (Å²) >= 11 is 12.2. The molecule has 0 saturated carbocycles. The van der Waals surface area contributed by atoms with E-state index < -0.39 is 28.5 Å². The van der Waals surface area contributed by atoms with Gasteiger partial charge in [0.1, 0.15) is 24.1 Å². The predicted octanol–water partition coefficient (Wildman–Crippen LogP) is 4.11. The topological polar surface area (TPSA) is 105 Å². The highest BCUT2D eigenvalue weighted by Gasteiger charge is 2.31. The molecule has 0 aliphatic heterocycles. The molecule has 0 saturated heterocycles. The minimum Gasteiger partial charge on any atom is -0.497 e. The number of nitrogens with zero attached hydrogens (tertiary/aromatic N) is 2. The second kappa shape index (κ2) is 13.7. The minimum absolute atomic E-state index is 0.00490. The van der Waals surface area contributed by atoms with E-state index in [4.69, 9.17) is 32.7 Å². The Bertz CT molecular complexity index is 1210. The van der Waals surface area contributed by atoms with Crippen LogP contribution in [-0.2, 0) is 26.2 Å². The molecule has 2 aromatic carbocycles. The van der Waals surface area contributed by atoms with Gasteiger partial charge in [-0.3, -0.25) is 13.9 Å². The number of carbonyl (C=O) groups is 2. The van der Waals surface area contributed by atoms with Gasteiger partial charge in [-0.25, -0.2) is 8.42 Å². The normalized spacial score (nSPS) is 12.0. The van der Waals surface area contributed by atoms with Gasteiger partial charge in [-0.05, 0) is 43.2 Å². The van der Waals surface area contributed by atoms with Crippen LogP contribution in [0.2, 0.25) is 10.0 Å². The van der Waals surface area contributed by atoms with Crippen molar-refractivity contribution in [3.8, 4) is 11.5 Å². The van der Waals surface area contributed by atoms with E-state index in [0.717, 1.165) is 23.4 Å². The maximum Gasteiger partial charge on any atom is 0.244 e. The molecule has 0 heterocycles. The third-order valence-corrected chi connectivity index (χ3v) is 7.53. The molecule has 0 unspecified atom stereocenters. The number of unbranched alkanes of at least 4 members (excludes halogenated alkanes) is 1. The van der Waals surface area contributed by atoms with Gasteiger partial charge in [-0.1, -0.05) is 42.6 Å². The lowest BCUT2D eigenvalue weighted by Gasteiger charge is -2.32. The number of halogens is 2. The first-order valence-electron chi connectivity index (χ1n) is 11.6. The fourth-order valence-corrected chi connectivity index (χ4v) is 4.71. The van der Waals surface area contributed by atoms with Gasteiger partial charge in [0.15, 0.2) is 0 Å². The van der Waals surface area contributed by atoms with Crippen molar-refractivity contribution in [2.45, 2.75) is 39.3 Å². The summed E-state index contributed by atoms with van der Waals surface area (Å²) in [6, 6.07) is 8.63. The summed E-state index contributed by atoms with van der Waals surface area (Å²) in [5.41, 5.74) is 0.757. The Hall–Kier alpha value is -2.69. The number of rotatable bonds is 13. The van der Waals surface area contributed by atoms with E-state index in [0.29, 0.717) is 27.9 Å². The summed E-state index contributed by atoms with van der Waals surface area (Å²) in [6.07, 6.45) is 2.67. The molecule has 2 aromatic rings. The van der Waals surface area contributed by atoms with Crippen molar-refractivity contribution in [1.29, 1.82) is 0 Å². The van der Waals surface area contributed by atoms with Gasteiger partial charge in [0.25, 0.3) is 0 Å². The van der Waals surface area contributed by atoms with Gasteiger partial charge >= 0.3 is 0 Å².